The van der Waals surface area contributed by atoms with Gasteiger partial charge in [-0.1, -0.05) is 0 Å². The molecule has 2 rings (SSSR count). The number of methoxy groups -OCH3 is 2. The van der Waals surface area contributed by atoms with E-state index in [-0.39, 0.29) is 12.0 Å². The average molecular weight is 350 g/mol. The summed E-state index contributed by atoms with van der Waals surface area (Å²) in [6.07, 6.45) is -0.345. The fourth-order valence-electron chi connectivity index (χ4n) is 2.53. The van der Waals surface area contributed by atoms with Gasteiger partial charge in [0.1, 0.15) is 17.1 Å². The molecule has 7 nitrogen and oxygen atoms in total. The van der Waals surface area contributed by atoms with Gasteiger partial charge in [0.2, 0.25) is 0 Å². The van der Waals surface area contributed by atoms with E-state index >= 15 is 0 Å². The minimum Gasteiger partial charge on any atom is -0.497 e. The highest BCUT2D eigenvalue weighted by atomic mass is 16.6. The lowest BCUT2D eigenvalue weighted by atomic mass is 10.1. The summed E-state index contributed by atoms with van der Waals surface area (Å²) in [5, 5.41) is 0. The molecule has 1 aromatic rings. The first-order valence-electron chi connectivity index (χ1n) is 8.24. The number of amides is 2. The quantitative estimate of drug-likeness (QED) is 0.837. The molecule has 0 aliphatic carbocycles. The van der Waals surface area contributed by atoms with Crippen LogP contribution in [0.25, 0.3) is 0 Å². The van der Waals surface area contributed by atoms with Crippen LogP contribution in [0.2, 0.25) is 0 Å². The van der Waals surface area contributed by atoms with Crippen molar-refractivity contribution in [2.45, 2.75) is 26.4 Å². The van der Waals surface area contributed by atoms with Crippen LogP contribution in [-0.4, -0.2) is 67.8 Å². The number of ether oxygens (including phenoxy) is 3. The van der Waals surface area contributed by atoms with Gasteiger partial charge < -0.3 is 24.0 Å². The van der Waals surface area contributed by atoms with Crippen molar-refractivity contribution in [3.05, 3.63) is 23.8 Å². The summed E-state index contributed by atoms with van der Waals surface area (Å²) in [4.78, 5) is 28.2. The number of benzene rings is 1. The molecule has 0 spiro atoms. The van der Waals surface area contributed by atoms with E-state index in [1.807, 2.05) is 20.8 Å². The Bertz CT molecular complexity index is 609. The van der Waals surface area contributed by atoms with Crippen molar-refractivity contribution in [1.29, 1.82) is 0 Å². The van der Waals surface area contributed by atoms with E-state index in [4.69, 9.17) is 14.2 Å². The second kappa shape index (κ2) is 7.63. The van der Waals surface area contributed by atoms with Crippen LogP contribution in [0.15, 0.2) is 18.2 Å². The Labute approximate surface area is 148 Å². The first-order chi connectivity index (χ1) is 11.7. The normalized spacial score (nSPS) is 14.9. The third kappa shape index (κ3) is 5.01. The van der Waals surface area contributed by atoms with Crippen molar-refractivity contribution in [1.82, 2.24) is 9.80 Å². The number of rotatable bonds is 3. The molecular weight excluding hydrogens is 324 g/mol. The van der Waals surface area contributed by atoms with E-state index in [0.29, 0.717) is 43.2 Å². The number of piperazine rings is 1. The standard InChI is InChI=1S/C18H26N2O5/c1-18(2,3)25-17(22)20-8-6-19(7-9-20)16(21)13-10-14(23-4)12-15(11-13)24-5/h10-12H,6-9H2,1-5H3. The molecule has 1 aliphatic rings. The molecule has 0 N–H and O–H groups in total. The average Bonchev–Trinajstić information content (AvgIpc) is 2.59. The summed E-state index contributed by atoms with van der Waals surface area (Å²) in [6.45, 7) is 7.31. The Morgan fingerprint density at radius 2 is 1.36 bits per heavy atom. The smallest absolute Gasteiger partial charge is 0.410 e. The third-order valence-electron chi connectivity index (χ3n) is 3.82. The predicted molar refractivity (Wildman–Crippen MR) is 93.3 cm³/mol. The van der Waals surface area contributed by atoms with Gasteiger partial charge in [-0.3, -0.25) is 4.79 Å². The number of nitrogens with zero attached hydrogens (tertiary/aromatic N) is 2. The Morgan fingerprint density at radius 3 is 1.80 bits per heavy atom. The van der Waals surface area contributed by atoms with Gasteiger partial charge in [0.05, 0.1) is 14.2 Å². The molecule has 1 fully saturated rings. The summed E-state index contributed by atoms with van der Waals surface area (Å²) in [6, 6.07) is 5.09. The number of carbonyl (C=O) groups excluding carboxylic acids is 2. The molecular formula is C18H26N2O5. The molecule has 0 atom stereocenters. The Kier molecular flexibility index (Phi) is 5.77. The molecule has 1 saturated heterocycles. The Morgan fingerprint density at radius 1 is 0.880 bits per heavy atom. The van der Waals surface area contributed by atoms with Crippen molar-refractivity contribution in [2.24, 2.45) is 0 Å². The van der Waals surface area contributed by atoms with E-state index in [1.54, 1.807) is 42.2 Å². The lowest BCUT2D eigenvalue weighted by Crippen LogP contribution is -2.51. The number of hydrogen-bond donors (Lipinski definition) is 0. The van der Waals surface area contributed by atoms with Crippen LogP contribution in [0, 0.1) is 0 Å². The van der Waals surface area contributed by atoms with Gasteiger partial charge >= 0.3 is 6.09 Å². The molecule has 2 amide bonds. The van der Waals surface area contributed by atoms with Crippen LogP contribution in [0.5, 0.6) is 11.5 Å². The molecule has 138 valence electrons. The van der Waals surface area contributed by atoms with Crippen molar-refractivity contribution in [3.8, 4) is 11.5 Å². The Hall–Kier alpha value is -2.44. The fraction of sp³-hybridized carbons (Fsp3) is 0.556. The molecule has 0 radical (unpaired) electrons. The van der Waals surface area contributed by atoms with Crippen LogP contribution in [0.4, 0.5) is 4.79 Å². The van der Waals surface area contributed by atoms with Crippen LogP contribution < -0.4 is 9.47 Å². The maximum absolute atomic E-state index is 12.7. The molecule has 1 heterocycles. The molecule has 7 heteroatoms. The third-order valence-corrected chi connectivity index (χ3v) is 3.82. The molecule has 0 saturated carbocycles. The van der Waals surface area contributed by atoms with Crippen molar-refractivity contribution < 1.29 is 23.8 Å². The van der Waals surface area contributed by atoms with Gasteiger partial charge in [0, 0.05) is 37.8 Å². The summed E-state index contributed by atoms with van der Waals surface area (Å²) < 4.78 is 15.8. The van der Waals surface area contributed by atoms with Crippen LogP contribution >= 0.6 is 0 Å². The van der Waals surface area contributed by atoms with Gasteiger partial charge in [-0.25, -0.2) is 4.79 Å². The first kappa shape index (κ1) is 18.9. The summed E-state index contributed by atoms with van der Waals surface area (Å²) in [5.41, 5.74) is -0.0248. The molecule has 1 aromatic carbocycles. The molecule has 1 aliphatic heterocycles. The van der Waals surface area contributed by atoms with E-state index in [9.17, 15) is 9.59 Å². The maximum Gasteiger partial charge on any atom is 0.410 e. The fourth-order valence-corrected chi connectivity index (χ4v) is 2.53. The summed E-state index contributed by atoms with van der Waals surface area (Å²) in [7, 11) is 3.09. The monoisotopic (exact) mass is 350 g/mol. The zero-order valence-corrected chi connectivity index (χ0v) is 15.5. The van der Waals surface area contributed by atoms with Gasteiger partial charge in [-0.2, -0.15) is 0 Å². The first-order valence-corrected chi connectivity index (χ1v) is 8.24. The minimum atomic E-state index is -0.527. The van der Waals surface area contributed by atoms with Gasteiger partial charge in [0.15, 0.2) is 0 Å². The minimum absolute atomic E-state index is 0.110. The van der Waals surface area contributed by atoms with Crippen LogP contribution in [0.3, 0.4) is 0 Å². The van der Waals surface area contributed by atoms with Crippen molar-refractivity contribution >= 4 is 12.0 Å². The van der Waals surface area contributed by atoms with Crippen LogP contribution in [-0.2, 0) is 4.74 Å². The SMILES string of the molecule is COc1cc(OC)cc(C(=O)N2CCN(C(=O)OC(C)(C)C)CC2)c1. The van der Waals surface area contributed by atoms with Gasteiger partial charge in [-0.05, 0) is 32.9 Å². The molecule has 0 aromatic heterocycles. The van der Waals surface area contributed by atoms with E-state index in [0.717, 1.165) is 0 Å². The van der Waals surface area contributed by atoms with Gasteiger partial charge in [0.25, 0.3) is 5.91 Å². The number of hydrogen-bond acceptors (Lipinski definition) is 5. The lowest BCUT2D eigenvalue weighted by Gasteiger charge is -2.35. The maximum atomic E-state index is 12.7. The van der Waals surface area contributed by atoms with E-state index in [1.165, 1.54) is 0 Å². The van der Waals surface area contributed by atoms with Gasteiger partial charge in [-0.15, -0.1) is 0 Å². The molecule has 0 bridgehead atoms. The summed E-state index contributed by atoms with van der Waals surface area (Å²) in [5.74, 6) is 1.02. The van der Waals surface area contributed by atoms with Crippen molar-refractivity contribution in [2.75, 3.05) is 40.4 Å². The highest BCUT2D eigenvalue weighted by Crippen LogP contribution is 2.24. The second-order valence-corrected chi connectivity index (χ2v) is 6.86. The largest absolute Gasteiger partial charge is 0.497 e. The topological polar surface area (TPSA) is 68.3 Å². The predicted octanol–water partition coefficient (Wildman–Crippen LogP) is 2.40. The van der Waals surface area contributed by atoms with E-state index in [2.05, 4.69) is 0 Å². The van der Waals surface area contributed by atoms with E-state index < -0.39 is 5.60 Å². The van der Waals surface area contributed by atoms with Crippen molar-refractivity contribution in [3.63, 3.8) is 0 Å². The number of carbonyl (C=O) groups is 2. The molecule has 0 unspecified atom stereocenters. The highest BCUT2D eigenvalue weighted by molar-refractivity contribution is 5.95. The second-order valence-electron chi connectivity index (χ2n) is 6.86. The molecule has 25 heavy (non-hydrogen) atoms. The zero-order valence-electron chi connectivity index (χ0n) is 15.5. The highest BCUT2D eigenvalue weighted by Gasteiger charge is 2.28. The zero-order chi connectivity index (χ0) is 18.6. The Balaban J connectivity index is 2.01. The lowest BCUT2D eigenvalue weighted by molar-refractivity contribution is 0.0141. The summed E-state index contributed by atoms with van der Waals surface area (Å²) >= 11 is 0. The van der Waals surface area contributed by atoms with Crippen LogP contribution in [0.1, 0.15) is 31.1 Å².